The summed E-state index contributed by atoms with van der Waals surface area (Å²) in [5.41, 5.74) is 2.27. The van der Waals surface area contributed by atoms with E-state index in [1.54, 1.807) is 48.5 Å². The van der Waals surface area contributed by atoms with Crippen molar-refractivity contribution in [1.82, 2.24) is 0 Å². The van der Waals surface area contributed by atoms with Crippen LogP contribution >= 0.6 is 23.2 Å². The van der Waals surface area contributed by atoms with Crippen LogP contribution in [0, 0.1) is 6.92 Å². The number of aromatic hydroxyl groups is 1. The molecule has 0 radical (unpaired) electrons. The van der Waals surface area contributed by atoms with E-state index in [2.05, 4.69) is 15.5 Å². The maximum atomic E-state index is 12.9. The first-order chi connectivity index (χ1) is 14.9. The number of phenolic OH excluding ortho intramolecular Hbond substituents is 1. The Balaban J connectivity index is 1.78. The van der Waals surface area contributed by atoms with Crippen molar-refractivity contribution in [2.75, 3.05) is 5.32 Å². The van der Waals surface area contributed by atoms with Gasteiger partial charge >= 0.3 is 0 Å². The fraction of sp³-hybridized carbons (Fsp3) is 0.0417. The number of hydrogen-bond donors (Lipinski definition) is 2. The molecule has 0 unspecified atom stereocenters. The topological polar surface area (TPSA) is 74.0 Å². The highest BCUT2D eigenvalue weighted by atomic mass is 35.5. The van der Waals surface area contributed by atoms with Gasteiger partial charge < -0.3 is 10.4 Å². The molecule has 1 amide bonds. The fourth-order valence-corrected chi connectivity index (χ4v) is 3.61. The third-order valence-electron chi connectivity index (χ3n) is 4.74. The number of nitrogens with zero attached hydrogens (tertiary/aromatic N) is 2. The summed E-state index contributed by atoms with van der Waals surface area (Å²) in [6.07, 6.45) is 0. The van der Waals surface area contributed by atoms with Gasteiger partial charge in [0.05, 0.1) is 11.3 Å². The minimum absolute atomic E-state index is 0.0838. The van der Waals surface area contributed by atoms with Gasteiger partial charge in [-0.3, -0.25) is 4.79 Å². The Morgan fingerprint density at radius 2 is 1.68 bits per heavy atom. The second kappa shape index (κ2) is 8.76. The van der Waals surface area contributed by atoms with Gasteiger partial charge in [-0.05, 0) is 60.3 Å². The van der Waals surface area contributed by atoms with Crippen molar-refractivity contribution in [2.24, 2.45) is 10.2 Å². The molecule has 0 fully saturated rings. The van der Waals surface area contributed by atoms with Gasteiger partial charge in [0.15, 0.2) is 5.75 Å². The Hall–Kier alpha value is -3.41. The molecular formula is C24H17Cl2N3O2. The molecule has 0 saturated carbocycles. The average molecular weight is 450 g/mol. The van der Waals surface area contributed by atoms with Gasteiger partial charge in [-0.1, -0.05) is 53.5 Å². The van der Waals surface area contributed by atoms with Crippen LogP contribution in [-0.2, 0) is 0 Å². The van der Waals surface area contributed by atoms with Crippen LogP contribution in [0.1, 0.15) is 15.9 Å². The van der Waals surface area contributed by atoms with Gasteiger partial charge in [-0.2, -0.15) is 5.11 Å². The van der Waals surface area contributed by atoms with Crippen LogP contribution in [0.25, 0.3) is 10.8 Å². The highest BCUT2D eigenvalue weighted by Crippen LogP contribution is 2.40. The second-order valence-corrected chi connectivity index (χ2v) is 7.81. The summed E-state index contributed by atoms with van der Waals surface area (Å²) in [5, 5.41) is 24.8. The van der Waals surface area contributed by atoms with Crippen molar-refractivity contribution in [3.05, 3.63) is 94.0 Å². The minimum Gasteiger partial charge on any atom is -0.505 e. The maximum Gasteiger partial charge on any atom is 0.259 e. The van der Waals surface area contributed by atoms with E-state index in [0.717, 1.165) is 10.9 Å². The molecule has 0 bridgehead atoms. The molecule has 154 valence electrons. The number of carbonyl (C=O) groups is 1. The van der Waals surface area contributed by atoms with E-state index in [-0.39, 0.29) is 17.0 Å². The molecule has 0 aliphatic rings. The van der Waals surface area contributed by atoms with E-state index in [9.17, 15) is 9.90 Å². The highest BCUT2D eigenvalue weighted by Gasteiger charge is 2.18. The number of benzene rings is 4. The Kier molecular flexibility index (Phi) is 5.89. The molecule has 31 heavy (non-hydrogen) atoms. The number of nitrogens with one attached hydrogen (secondary N) is 1. The minimum atomic E-state index is -0.482. The number of hydrogen-bond acceptors (Lipinski definition) is 4. The summed E-state index contributed by atoms with van der Waals surface area (Å²) >= 11 is 12.0. The standard InChI is InChI=1S/C24H17Cl2N3O2/c1-14-11-17(26)9-10-21(14)28-29-22-19-8-3-2-5-15(19)12-20(23(22)30)24(31)27-18-7-4-6-16(25)13-18/h2-13,30H,1H3,(H,27,31). The third kappa shape index (κ3) is 4.53. The van der Waals surface area contributed by atoms with Crippen LogP contribution in [-0.4, -0.2) is 11.0 Å². The molecule has 0 aliphatic carbocycles. The Labute approximate surface area is 189 Å². The molecule has 0 aromatic heterocycles. The first kappa shape index (κ1) is 20.8. The van der Waals surface area contributed by atoms with Crippen molar-refractivity contribution in [2.45, 2.75) is 6.92 Å². The summed E-state index contributed by atoms with van der Waals surface area (Å²) < 4.78 is 0. The Bertz CT molecular complexity index is 1340. The summed E-state index contributed by atoms with van der Waals surface area (Å²) in [4.78, 5) is 12.9. The average Bonchev–Trinajstić information content (AvgIpc) is 2.74. The van der Waals surface area contributed by atoms with Crippen LogP contribution in [0.3, 0.4) is 0 Å². The molecule has 4 aromatic rings. The number of carbonyl (C=O) groups excluding carboxylic acids is 1. The highest BCUT2D eigenvalue weighted by molar-refractivity contribution is 6.31. The molecule has 4 aromatic carbocycles. The number of amides is 1. The fourth-order valence-electron chi connectivity index (χ4n) is 3.19. The molecular weight excluding hydrogens is 433 g/mol. The number of rotatable bonds is 4. The van der Waals surface area contributed by atoms with Crippen LogP contribution in [0.15, 0.2) is 83.0 Å². The number of anilines is 1. The van der Waals surface area contributed by atoms with Crippen molar-refractivity contribution < 1.29 is 9.90 Å². The lowest BCUT2D eigenvalue weighted by atomic mass is 10.0. The van der Waals surface area contributed by atoms with Crippen LogP contribution < -0.4 is 5.32 Å². The predicted molar refractivity (Wildman–Crippen MR) is 125 cm³/mol. The molecule has 0 aliphatic heterocycles. The SMILES string of the molecule is Cc1cc(Cl)ccc1N=Nc1c(O)c(C(=O)Nc2cccc(Cl)c2)cc2ccccc12. The van der Waals surface area contributed by atoms with E-state index in [1.165, 1.54) is 0 Å². The molecule has 2 N–H and O–H groups in total. The largest absolute Gasteiger partial charge is 0.505 e. The maximum absolute atomic E-state index is 12.9. The monoisotopic (exact) mass is 449 g/mol. The molecule has 0 saturated heterocycles. The van der Waals surface area contributed by atoms with Crippen molar-refractivity contribution in [3.63, 3.8) is 0 Å². The van der Waals surface area contributed by atoms with E-state index in [4.69, 9.17) is 23.2 Å². The van der Waals surface area contributed by atoms with E-state index >= 15 is 0 Å². The number of phenols is 1. The van der Waals surface area contributed by atoms with Crippen LogP contribution in [0.2, 0.25) is 10.0 Å². The number of halogens is 2. The van der Waals surface area contributed by atoms with Crippen LogP contribution in [0.4, 0.5) is 17.1 Å². The zero-order valence-electron chi connectivity index (χ0n) is 16.4. The third-order valence-corrected chi connectivity index (χ3v) is 5.21. The van der Waals surface area contributed by atoms with Crippen molar-refractivity contribution in [3.8, 4) is 5.75 Å². The lowest BCUT2D eigenvalue weighted by molar-refractivity contribution is 0.102. The molecule has 7 heteroatoms. The van der Waals surface area contributed by atoms with Gasteiger partial charge in [0.25, 0.3) is 5.91 Å². The Morgan fingerprint density at radius 1 is 0.903 bits per heavy atom. The van der Waals surface area contributed by atoms with Gasteiger partial charge in [0, 0.05) is 21.1 Å². The molecule has 0 atom stereocenters. The second-order valence-electron chi connectivity index (χ2n) is 6.94. The van der Waals surface area contributed by atoms with Crippen molar-refractivity contribution >= 4 is 56.9 Å². The molecule has 5 nitrogen and oxygen atoms in total. The molecule has 4 rings (SSSR count). The number of aryl methyl sites for hydroxylation is 1. The van der Waals surface area contributed by atoms with Gasteiger partial charge in [-0.15, -0.1) is 5.11 Å². The zero-order chi connectivity index (χ0) is 22.0. The van der Waals surface area contributed by atoms with E-state index in [1.807, 2.05) is 31.2 Å². The quantitative estimate of drug-likeness (QED) is 0.311. The molecule has 0 spiro atoms. The normalized spacial score (nSPS) is 11.2. The first-order valence-corrected chi connectivity index (χ1v) is 10.2. The zero-order valence-corrected chi connectivity index (χ0v) is 17.9. The smallest absolute Gasteiger partial charge is 0.259 e. The van der Waals surface area contributed by atoms with Gasteiger partial charge in [-0.25, -0.2) is 0 Å². The summed E-state index contributed by atoms with van der Waals surface area (Å²) in [6, 6.07) is 21.0. The number of fused-ring (bicyclic) bond motifs is 1. The summed E-state index contributed by atoms with van der Waals surface area (Å²) in [7, 11) is 0. The van der Waals surface area contributed by atoms with Crippen LogP contribution in [0.5, 0.6) is 5.75 Å². The molecule has 0 heterocycles. The summed E-state index contributed by atoms with van der Waals surface area (Å²) in [5.74, 6) is -0.738. The van der Waals surface area contributed by atoms with Crippen molar-refractivity contribution in [1.29, 1.82) is 0 Å². The number of azo groups is 1. The summed E-state index contributed by atoms with van der Waals surface area (Å²) in [6.45, 7) is 1.87. The first-order valence-electron chi connectivity index (χ1n) is 9.42. The van der Waals surface area contributed by atoms with E-state index < -0.39 is 5.91 Å². The lowest BCUT2D eigenvalue weighted by Gasteiger charge is -2.11. The lowest BCUT2D eigenvalue weighted by Crippen LogP contribution is -2.12. The predicted octanol–water partition coefficient (Wildman–Crippen LogP) is 7.83. The van der Waals surface area contributed by atoms with Gasteiger partial charge in [0.1, 0.15) is 5.69 Å². The van der Waals surface area contributed by atoms with E-state index in [0.29, 0.717) is 26.8 Å². The van der Waals surface area contributed by atoms with Gasteiger partial charge in [0.2, 0.25) is 0 Å². The Morgan fingerprint density at radius 3 is 2.45 bits per heavy atom.